The van der Waals surface area contributed by atoms with Crippen LogP contribution < -0.4 is 0 Å². The zero-order valence-corrected chi connectivity index (χ0v) is 33.6. The molecule has 0 bridgehead atoms. The fraction of sp³-hybridized carbons (Fsp3) is 0.200. The molecule has 0 heterocycles. The van der Waals surface area contributed by atoms with Gasteiger partial charge in [0.25, 0.3) is 0 Å². The number of hydrogen-bond acceptors (Lipinski definition) is 0. The Bertz CT molecular complexity index is 2240. The highest BCUT2D eigenvalue weighted by Crippen LogP contribution is 2.33. The van der Waals surface area contributed by atoms with E-state index in [1.807, 2.05) is 6.07 Å². The monoisotopic (exact) mass is 716 g/mol. The van der Waals surface area contributed by atoms with Gasteiger partial charge in [0.05, 0.1) is 0 Å². The molecule has 55 heavy (non-hydrogen) atoms. The molecule has 0 heteroatoms. The van der Waals surface area contributed by atoms with Crippen molar-refractivity contribution in [2.45, 2.75) is 73.1 Å². The van der Waals surface area contributed by atoms with Crippen LogP contribution in [0.15, 0.2) is 181 Å². The van der Waals surface area contributed by atoms with Crippen LogP contribution in [0.1, 0.15) is 78.0 Å². The number of allylic oxidation sites excluding steroid dienone is 6. The molecule has 0 amide bonds. The number of benzene rings is 6. The van der Waals surface area contributed by atoms with E-state index < -0.39 is 0 Å². The molecule has 0 saturated carbocycles. The molecule has 1 aliphatic carbocycles. The SMILES string of the molecule is C#CCC/C(Cc1ccc(-c2ccccc2)cc1)=C(\C)c1ccccc1C.CC1=CC=CCC1c1cc(C)ccc1C.Cc1ccc(-c2ccccc2)cc1. The molecule has 1 aliphatic rings. The van der Waals surface area contributed by atoms with Gasteiger partial charge in [0, 0.05) is 12.3 Å². The van der Waals surface area contributed by atoms with Crippen molar-refractivity contribution in [2.75, 3.05) is 0 Å². The van der Waals surface area contributed by atoms with E-state index in [0.717, 1.165) is 25.7 Å². The maximum atomic E-state index is 5.55. The number of terminal acetylenes is 1. The molecule has 0 radical (unpaired) electrons. The lowest BCUT2D eigenvalue weighted by molar-refractivity contribution is 0.789. The highest BCUT2D eigenvalue weighted by Gasteiger charge is 2.16. The highest BCUT2D eigenvalue weighted by molar-refractivity contribution is 5.70. The summed E-state index contributed by atoms with van der Waals surface area (Å²) in [6.07, 6.45) is 16.0. The van der Waals surface area contributed by atoms with Crippen molar-refractivity contribution < 1.29 is 0 Å². The van der Waals surface area contributed by atoms with Crippen molar-refractivity contribution in [2.24, 2.45) is 0 Å². The molecule has 0 N–H and O–H groups in total. The Hall–Kier alpha value is -5.90. The molecular formula is C55H56. The van der Waals surface area contributed by atoms with Gasteiger partial charge >= 0.3 is 0 Å². The maximum Gasteiger partial charge on any atom is 0.0124 e. The summed E-state index contributed by atoms with van der Waals surface area (Å²) in [5.74, 6) is 3.39. The second-order valence-corrected chi connectivity index (χ2v) is 14.7. The predicted octanol–water partition coefficient (Wildman–Crippen LogP) is 15.0. The van der Waals surface area contributed by atoms with Crippen LogP contribution in [0.5, 0.6) is 0 Å². The van der Waals surface area contributed by atoms with Gasteiger partial charge in [-0.3, -0.25) is 0 Å². The second kappa shape index (κ2) is 20.5. The summed E-state index contributed by atoms with van der Waals surface area (Å²) in [6, 6.07) is 53.8. The maximum absolute atomic E-state index is 5.55. The van der Waals surface area contributed by atoms with Gasteiger partial charge in [-0.25, -0.2) is 0 Å². The quantitative estimate of drug-likeness (QED) is 0.138. The zero-order valence-electron chi connectivity index (χ0n) is 33.6. The average molecular weight is 717 g/mol. The van der Waals surface area contributed by atoms with Crippen LogP contribution >= 0.6 is 0 Å². The first kappa shape index (κ1) is 40.3. The van der Waals surface area contributed by atoms with Crippen LogP contribution in [0.2, 0.25) is 0 Å². The van der Waals surface area contributed by atoms with E-state index in [-0.39, 0.29) is 0 Å². The molecule has 0 spiro atoms. The summed E-state index contributed by atoms with van der Waals surface area (Å²) >= 11 is 0. The smallest absolute Gasteiger partial charge is 0.0124 e. The molecular weight excluding hydrogens is 661 g/mol. The molecule has 0 saturated heterocycles. The lowest BCUT2D eigenvalue weighted by Gasteiger charge is -2.21. The van der Waals surface area contributed by atoms with Gasteiger partial charge in [0.2, 0.25) is 0 Å². The first-order valence-corrected chi connectivity index (χ1v) is 19.6. The van der Waals surface area contributed by atoms with Crippen molar-refractivity contribution in [3.63, 3.8) is 0 Å². The minimum Gasteiger partial charge on any atom is -0.120 e. The van der Waals surface area contributed by atoms with Crippen LogP contribution in [0.25, 0.3) is 27.8 Å². The Balaban J connectivity index is 0.000000174. The van der Waals surface area contributed by atoms with E-state index in [2.05, 4.69) is 211 Å². The zero-order chi connectivity index (χ0) is 39.0. The molecule has 0 aromatic heterocycles. The van der Waals surface area contributed by atoms with Crippen LogP contribution in [0.4, 0.5) is 0 Å². The normalized spacial score (nSPS) is 13.5. The van der Waals surface area contributed by atoms with Crippen LogP contribution in [-0.2, 0) is 6.42 Å². The van der Waals surface area contributed by atoms with Crippen LogP contribution in [0, 0.1) is 40.0 Å². The summed E-state index contributed by atoms with van der Waals surface area (Å²) in [5.41, 5.74) is 18.9. The van der Waals surface area contributed by atoms with Crippen molar-refractivity contribution in [1.29, 1.82) is 0 Å². The third-order valence-corrected chi connectivity index (χ3v) is 10.5. The molecule has 0 nitrogen and oxygen atoms in total. The van der Waals surface area contributed by atoms with Gasteiger partial charge in [-0.1, -0.05) is 192 Å². The topological polar surface area (TPSA) is 0 Å². The van der Waals surface area contributed by atoms with E-state index in [1.165, 1.54) is 77.9 Å². The average Bonchev–Trinajstić information content (AvgIpc) is 3.22. The van der Waals surface area contributed by atoms with Gasteiger partial charge in [0.15, 0.2) is 0 Å². The van der Waals surface area contributed by atoms with E-state index >= 15 is 0 Å². The number of hydrogen-bond donors (Lipinski definition) is 0. The standard InChI is InChI=1S/C27H26.C15H18.C13H12/c1-4-5-12-26(22(3)27-15-10-9-11-21(27)2)20-23-16-18-25(19-17-23)24-13-7-6-8-14-24;1-11-8-9-13(3)15(10-11)14-7-5-4-6-12(14)2;1-11-7-9-13(10-8-11)12-5-3-2-4-6-12/h1,6-11,13-19H,5,12,20H2,2-3H3;4-6,8-10,14H,7H2,1-3H3;2-10H,1H3/b26-22-;;. The summed E-state index contributed by atoms with van der Waals surface area (Å²) in [6.45, 7) is 13.1. The van der Waals surface area contributed by atoms with Gasteiger partial charge in [-0.05, 0) is 116 Å². The number of rotatable bonds is 8. The number of aryl methyl sites for hydroxylation is 4. The molecule has 6 aromatic carbocycles. The van der Waals surface area contributed by atoms with Gasteiger partial charge in [-0.2, -0.15) is 0 Å². The molecule has 1 unspecified atom stereocenters. The van der Waals surface area contributed by atoms with Gasteiger partial charge < -0.3 is 0 Å². The molecule has 276 valence electrons. The van der Waals surface area contributed by atoms with E-state index in [9.17, 15) is 0 Å². The Labute approximate surface area is 332 Å². The summed E-state index contributed by atoms with van der Waals surface area (Å²) in [7, 11) is 0. The molecule has 1 atom stereocenters. The first-order chi connectivity index (χ1) is 26.7. The van der Waals surface area contributed by atoms with Crippen LogP contribution in [-0.4, -0.2) is 0 Å². The molecule has 7 rings (SSSR count). The lowest BCUT2D eigenvalue weighted by Crippen LogP contribution is -2.04. The van der Waals surface area contributed by atoms with E-state index in [0.29, 0.717) is 5.92 Å². The molecule has 0 fully saturated rings. The van der Waals surface area contributed by atoms with E-state index in [1.54, 1.807) is 0 Å². The minimum absolute atomic E-state index is 0.592. The first-order valence-electron chi connectivity index (χ1n) is 19.6. The summed E-state index contributed by atoms with van der Waals surface area (Å²) in [4.78, 5) is 0. The largest absolute Gasteiger partial charge is 0.120 e. The third kappa shape index (κ3) is 11.8. The van der Waals surface area contributed by atoms with Crippen molar-refractivity contribution >= 4 is 5.57 Å². The van der Waals surface area contributed by atoms with Crippen LogP contribution in [0.3, 0.4) is 0 Å². The fourth-order valence-corrected chi connectivity index (χ4v) is 7.13. The Morgan fingerprint density at radius 1 is 0.600 bits per heavy atom. The summed E-state index contributed by atoms with van der Waals surface area (Å²) < 4.78 is 0. The second-order valence-electron chi connectivity index (χ2n) is 14.7. The highest BCUT2D eigenvalue weighted by atomic mass is 14.2. The minimum atomic E-state index is 0.592. The van der Waals surface area contributed by atoms with E-state index in [4.69, 9.17) is 6.42 Å². The van der Waals surface area contributed by atoms with Gasteiger partial charge in [-0.15, -0.1) is 12.3 Å². The van der Waals surface area contributed by atoms with Crippen molar-refractivity contribution in [3.8, 4) is 34.6 Å². The molecule has 0 aliphatic heterocycles. The predicted molar refractivity (Wildman–Crippen MR) is 240 cm³/mol. The fourth-order valence-electron chi connectivity index (χ4n) is 7.13. The molecule has 6 aromatic rings. The van der Waals surface area contributed by atoms with Crippen molar-refractivity contribution in [1.82, 2.24) is 0 Å². The van der Waals surface area contributed by atoms with Crippen molar-refractivity contribution in [3.05, 3.63) is 220 Å². The lowest BCUT2D eigenvalue weighted by atomic mass is 9.83. The Morgan fingerprint density at radius 3 is 1.73 bits per heavy atom. The summed E-state index contributed by atoms with van der Waals surface area (Å²) in [5, 5.41) is 0. The third-order valence-electron chi connectivity index (χ3n) is 10.5. The Kier molecular flexibility index (Phi) is 15.0. The van der Waals surface area contributed by atoms with Gasteiger partial charge in [0.1, 0.15) is 0 Å². The Morgan fingerprint density at radius 2 is 1.15 bits per heavy atom.